The molecule has 0 aromatic heterocycles. The molecule has 0 aliphatic carbocycles. The number of halogens is 1. The summed E-state index contributed by atoms with van der Waals surface area (Å²) in [6.45, 7) is 4.19. The Morgan fingerprint density at radius 3 is 2.81 bits per heavy atom. The third kappa shape index (κ3) is 4.81. The molecule has 3 nitrogen and oxygen atoms in total. The summed E-state index contributed by atoms with van der Waals surface area (Å²) < 4.78 is 12.8. The molecule has 0 saturated carbocycles. The second-order valence-corrected chi connectivity index (χ2v) is 5.70. The highest BCUT2D eigenvalue weighted by atomic mass is 19.1. The molecule has 1 aromatic carbocycles. The minimum absolute atomic E-state index is 0.209. The Kier molecular flexibility index (Phi) is 6.18. The Morgan fingerprint density at radius 1 is 1.33 bits per heavy atom. The summed E-state index contributed by atoms with van der Waals surface area (Å²) in [5, 5.41) is 3.21. The predicted molar refractivity (Wildman–Crippen MR) is 82.6 cm³/mol. The van der Waals surface area contributed by atoms with Gasteiger partial charge in [-0.3, -0.25) is 4.79 Å². The second kappa shape index (κ2) is 8.13. The number of hydrogen-bond acceptors (Lipinski definition) is 2. The number of carbonyl (C=O) groups is 1. The van der Waals surface area contributed by atoms with E-state index in [1.54, 1.807) is 12.1 Å². The van der Waals surface area contributed by atoms with E-state index in [4.69, 9.17) is 0 Å². The zero-order chi connectivity index (χ0) is 15.1. The Morgan fingerprint density at radius 2 is 2.10 bits per heavy atom. The fraction of sp³-hybridized carbons (Fsp3) is 0.588. The van der Waals surface area contributed by atoms with Gasteiger partial charge in [-0.15, -0.1) is 0 Å². The molecule has 1 amide bonds. The number of amides is 1. The van der Waals surface area contributed by atoms with Gasteiger partial charge in [0.1, 0.15) is 5.82 Å². The third-order valence-corrected chi connectivity index (χ3v) is 4.20. The molecule has 1 heterocycles. The van der Waals surface area contributed by atoms with Crippen molar-refractivity contribution in [3.8, 4) is 0 Å². The van der Waals surface area contributed by atoms with Crippen molar-refractivity contribution in [1.82, 2.24) is 10.2 Å². The highest BCUT2D eigenvalue weighted by Crippen LogP contribution is 2.19. The van der Waals surface area contributed by atoms with Crippen LogP contribution in [0.25, 0.3) is 0 Å². The summed E-state index contributed by atoms with van der Waals surface area (Å²) in [5.41, 5.74) is 1.08. The first-order valence-electron chi connectivity index (χ1n) is 7.95. The first-order chi connectivity index (χ1) is 10.2. The first-order valence-corrected chi connectivity index (χ1v) is 7.95. The topological polar surface area (TPSA) is 32.3 Å². The lowest BCUT2D eigenvalue weighted by Crippen LogP contribution is -2.47. The van der Waals surface area contributed by atoms with Crippen LogP contribution in [-0.4, -0.2) is 36.5 Å². The van der Waals surface area contributed by atoms with Crippen molar-refractivity contribution in [3.63, 3.8) is 0 Å². The minimum Gasteiger partial charge on any atom is -0.339 e. The number of likely N-dealkylation sites (tertiary alicyclic amines) is 1. The van der Waals surface area contributed by atoms with Gasteiger partial charge in [0.2, 0.25) is 5.91 Å². The summed E-state index contributed by atoms with van der Waals surface area (Å²) in [5.74, 6) is -0.00162. The van der Waals surface area contributed by atoms with Crippen LogP contribution in [0.5, 0.6) is 0 Å². The molecule has 21 heavy (non-hydrogen) atoms. The lowest BCUT2D eigenvalue weighted by Gasteiger charge is -2.35. The molecular formula is C17H25FN2O. The van der Waals surface area contributed by atoms with Crippen molar-refractivity contribution in [1.29, 1.82) is 0 Å². The Balaban J connectivity index is 1.70. The number of carbonyl (C=O) groups excluding carboxylic acids is 1. The maximum Gasteiger partial charge on any atom is 0.236 e. The second-order valence-electron chi connectivity index (χ2n) is 5.70. The van der Waals surface area contributed by atoms with Gasteiger partial charge in [-0.1, -0.05) is 19.1 Å². The van der Waals surface area contributed by atoms with Crippen molar-refractivity contribution >= 4 is 5.91 Å². The summed E-state index contributed by atoms with van der Waals surface area (Å²) in [6, 6.07) is 6.94. The molecule has 0 spiro atoms. The first kappa shape index (κ1) is 16.0. The maximum atomic E-state index is 12.8. The molecule has 0 bridgehead atoms. The van der Waals surface area contributed by atoms with Gasteiger partial charge in [0.05, 0.1) is 6.54 Å². The molecule has 1 unspecified atom stereocenters. The van der Waals surface area contributed by atoms with Crippen molar-refractivity contribution in [3.05, 3.63) is 35.6 Å². The van der Waals surface area contributed by atoms with Gasteiger partial charge < -0.3 is 10.2 Å². The predicted octanol–water partition coefficient (Wildman–Crippen LogP) is 2.75. The number of nitrogens with one attached hydrogen (secondary N) is 1. The van der Waals surface area contributed by atoms with Crippen LogP contribution in [0.4, 0.5) is 4.39 Å². The van der Waals surface area contributed by atoms with Crippen molar-refractivity contribution < 1.29 is 9.18 Å². The fourth-order valence-corrected chi connectivity index (χ4v) is 2.93. The number of nitrogens with zero attached hydrogens (tertiary/aromatic N) is 1. The zero-order valence-corrected chi connectivity index (χ0v) is 12.8. The lowest BCUT2D eigenvalue weighted by molar-refractivity contribution is -0.133. The van der Waals surface area contributed by atoms with Crippen LogP contribution in [0.2, 0.25) is 0 Å². The lowest BCUT2D eigenvalue weighted by atomic mass is 10.00. The molecule has 1 N–H and O–H groups in total. The van der Waals surface area contributed by atoms with E-state index in [1.807, 2.05) is 4.90 Å². The number of hydrogen-bond donors (Lipinski definition) is 1. The average molecular weight is 292 g/mol. The van der Waals surface area contributed by atoms with Crippen molar-refractivity contribution in [2.45, 2.75) is 45.1 Å². The van der Waals surface area contributed by atoms with Crippen LogP contribution < -0.4 is 5.32 Å². The van der Waals surface area contributed by atoms with Gasteiger partial charge in [0, 0.05) is 12.6 Å². The van der Waals surface area contributed by atoms with Crippen LogP contribution in [-0.2, 0) is 11.2 Å². The quantitative estimate of drug-likeness (QED) is 0.818. The molecule has 1 saturated heterocycles. The van der Waals surface area contributed by atoms with Crippen LogP contribution in [0, 0.1) is 5.82 Å². The molecule has 0 radical (unpaired) electrons. The normalized spacial score (nSPS) is 18.8. The van der Waals surface area contributed by atoms with Gasteiger partial charge in [0.25, 0.3) is 0 Å². The minimum atomic E-state index is -0.211. The van der Waals surface area contributed by atoms with Gasteiger partial charge in [-0.2, -0.15) is 0 Å². The Hall–Kier alpha value is -1.42. The van der Waals surface area contributed by atoms with E-state index < -0.39 is 0 Å². The van der Waals surface area contributed by atoms with Crippen LogP contribution in [0.15, 0.2) is 24.3 Å². The maximum absolute atomic E-state index is 12.8. The molecule has 116 valence electrons. The van der Waals surface area contributed by atoms with E-state index >= 15 is 0 Å². The van der Waals surface area contributed by atoms with E-state index in [1.165, 1.54) is 18.6 Å². The molecule has 1 aliphatic heterocycles. The number of rotatable bonds is 6. The van der Waals surface area contributed by atoms with Crippen LogP contribution >= 0.6 is 0 Å². The molecule has 1 atom stereocenters. The van der Waals surface area contributed by atoms with Gasteiger partial charge in [-0.25, -0.2) is 4.39 Å². The van der Waals surface area contributed by atoms with Crippen molar-refractivity contribution in [2.24, 2.45) is 0 Å². The van der Waals surface area contributed by atoms with Gasteiger partial charge >= 0.3 is 0 Å². The smallest absolute Gasteiger partial charge is 0.236 e. The summed E-state index contributed by atoms with van der Waals surface area (Å²) in [4.78, 5) is 14.3. The van der Waals surface area contributed by atoms with E-state index in [0.717, 1.165) is 44.3 Å². The Bertz CT molecular complexity index is 447. The zero-order valence-electron chi connectivity index (χ0n) is 12.8. The molecule has 1 aliphatic rings. The van der Waals surface area contributed by atoms with Gasteiger partial charge in [0.15, 0.2) is 0 Å². The molecule has 4 heteroatoms. The highest BCUT2D eigenvalue weighted by molar-refractivity contribution is 5.78. The van der Waals surface area contributed by atoms with Crippen LogP contribution in [0.1, 0.15) is 38.2 Å². The van der Waals surface area contributed by atoms with Gasteiger partial charge in [-0.05, 0) is 56.3 Å². The number of piperidine rings is 1. The summed E-state index contributed by atoms with van der Waals surface area (Å²) in [6.07, 6.45) is 5.35. The standard InChI is InChI=1S/C17H25FN2O/c1-2-16-5-3-4-12-20(16)17(21)13-19-11-10-14-6-8-15(18)9-7-14/h6-9,16,19H,2-5,10-13H2,1H3. The fourth-order valence-electron chi connectivity index (χ4n) is 2.93. The van der Waals surface area contributed by atoms with Crippen LogP contribution in [0.3, 0.4) is 0 Å². The molecular weight excluding hydrogens is 267 g/mol. The summed E-state index contributed by atoms with van der Waals surface area (Å²) in [7, 11) is 0. The molecule has 1 fully saturated rings. The summed E-state index contributed by atoms with van der Waals surface area (Å²) >= 11 is 0. The SMILES string of the molecule is CCC1CCCCN1C(=O)CNCCc1ccc(F)cc1. The van der Waals surface area contributed by atoms with E-state index in [2.05, 4.69) is 12.2 Å². The largest absolute Gasteiger partial charge is 0.339 e. The third-order valence-electron chi connectivity index (χ3n) is 4.20. The monoisotopic (exact) mass is 292 g/mol. The van der Waals surface area contributed by atoms with Crippen molar-refractivity contribution in [2.75, 3.05) is 19.6 Å². The number of benzene rings is 1. The van der Waals surface area contributed by atoms with E-state index in [0.29, 0.717) is 12.6 Å². The average Bonchev–Trinajstić information content (AvgIpc) is 2.53. The Labute approximate surface area is 126 Å². The highest BCUT2D eigenvalue weighted by Gasteiger charge is 2.24. The van der Waals surface area contributed by atoms with E-state index in [-0.39, 0.29) is 11.7 Å². The van der Waals surface area contributed by atoms with E-state index in [9.17, 15) is 9.18 Å². The molecule has 2 rings (SSSR count). The molecule has 1 aromatic rings.